The summed E-state index contributed by atoms with van der Waals surface area (Å²) in [5.41, 5.74) is 0.841. The van der Waals surface area contributed by atoms with Crippen LogP contribution in [0.5, 0.6) is 0 Å². The third-order valence-corrected chi connectivity index (χ3v) is 4.11. The Kier molecular flexibility index (Phi) is 2.05. The van der Waals surface area contributed by atoms with Crippen molar-refractivity contribution in [1.29, 1.82) is 0 Å². The van der Waals surface area contributed by atoms with E-state index >= 15 is 0 Å². The van der Waals surface area contributed by atoms with E-state index in [9.17, 15) is 5.11 Å². The van der Waals surface area contributed by atoms with Crippen molar-refractivity contribution in [1.82, 2.24) is 14.6 Å². The molecular weight excluding hydrogens is 230 g/mol. The SMILES string of the molecule is OC1(c2cnc3ccnn3c2)CC2CCC(C1)O2. The number of hydrogen-bond donors (Lipinski definition) is 1. The van der Waals surface area contributed by atoms with Gasteiger partial charge in [-0.25, -0.2) is 9.50 Å². The number of ether oxygens (including phenoxy) is 1. The highest BCUT2D eigenvalue weighted by molar-refractivity contribution is 5.37. The van der Waals surface area contributed by atoms with Crippen molar-refractivity contribution in [2.45, 2.75) is 43.5 Å². The Morgan fingerprint density at radius 3 is 2.89 bits per heavy atom. The van der Waals surface area contributed by atoms with Gasteiger partial charge in [0.15, 0.2) is 5.65 Å². The molecular formula is C13H15N3O2. The van der Waals surface area contributed by atoms with Crippen LogP contribution >= 0.6 is 0 Å². The van der Waals surface area contributed by atoms with Gasteiger partial charge in [0.25, 0.3) is 0 Å². The molecule has 1 N–H and O–H groups in total. The molecule has 2 fully saturated rings. The molecule has 94 valence electrons. The first-order valence-electron chi connectivity index (χ1n) is 6.41. The van der Waals surface area contributed by atoms with Crippen LogP contribution in [-0.4, -0.2) is 31.9 Å². The fraction of sp³-hybridized carbons (Fsp3) is 0.538. The maximum absolute atomic E-state index is 10.9. The molecule has 0 spiro atoms. The summed E-state index contributed by atoms with van der Waals surface area (Å²) in [6.07, 6.45) is 9.20. The Labute approximate surface area is 104 Å². The lowest BCUT2D eigenvalue weighted by molar-refractivity contribution is -0.115. The van der Waals surface area contributed by atoms with Crippen molar-refractivity contribution >= 4 is 5.65 Å². The first kappa shape index (κ1) is 10.5. The number of nitrogens with zero attached hydrogens (tertiary/aromatic N) is 3. The van der Waals surface area contributed by atoms with Gasteiger partial charge in [-0.3, -0.25) is 0 Å². The number of fused-ring (bicyclic) bond motifs is 3. The van der Waals surface area contributed by atoms with E-state index in [2.05, 4.69) is 10.1 Å². The van der Waals surface area contributed by atoms with Crippen molar-refractivity contribution < 1.29 is 9.84 Å². The fourth-order valence-corrected chi connectivity index (χ4v) is 3.20. The van der Waals surface area contributed by atoms with Crippen LogP contribution in [0.1, 0.15) is 31.2 Å². The van der Waals surface area contributed by atoms with E-state index in [0.717, 1.165) is 24.1 Å². The van der Waals surface area contributed by atoms with Gasteiger partial charge in [-0.2, -0.15) is 5.10 Å². The first-order valence-corrected chi connectivity index (χ1v) is 6.41. The number of aromatic nitrogens is 3. The molecule has 2 saturated heterocycles. The Balaban J connectivity index is 1.76. The van der Waals surface area contributed by atoms with Crippen molar-refractivity contribution in [3.63, 3.8) is 0 Å². The maximum Gasteiger partial charge on any atom is 0.154 e. The van der Waals surface area contributed by atoms with E-state index in [0.29, 0.717) is 12.8 Å². The molecule has 4 heterocycles. The zero-order valence-electron chi connectivity index (χ0n) is 9.99. The highest BCUT2D eigenvalue weighted by atomic mass is 16.5. The normalized spacial score (nSPS) is 35.2. The van der Waals surface area contributed by atoms with Crippen molar-refractivity contribution in [2.24, 2.45) is 0 Å². The Hall–Kier alpha value is -1.46. The van der Waals surface area contributed by atoms with E-state index in [1.54, 1.807) is 16.9 Å². The Morgan fingerprint density at radius 2 is 2.11 bits per heavy atom. The minimum absolute atomic E-state index is 0.196. The lowest BCUT2D eigenvalue weighted by atomic mass is 9.85. The predicted molar refractivity (Wildman–Crippen MR) is 64.0 cm³/mol. The summed E-state index contributed by atoms with van der Waals surface area (Å²) in [5.74, 6) is 0. The van der Waals surface area contributed by atoms with E-state index in [1.807, 2.05) is 12.3 Å². The van der Waals surface area contributed by atoms with Gasteiger partial charge in [0.05, 0.1) is 24.0 Å². The van der Waals surface area contributed by atoms with Gasteiger partial charge in [0.2, 0.25) is 0 Å². The van der Waals surface area contributed by atoms with Crippen LogP contribution in [0.25, 0.3) is 5.65 Å². The molecule has 5 heteroatoms. The molecule has 2 aliphatic heterocycles. The van der Waals surface area contributed by atoms with Gasteiger partial charge in [0, 0.05) is 36.9 Å². The topological polar surface area (TPSA) is 59.7 Å². The van der Waals surface area contributed by atoms with Crippen LogP contribution in [0.3, 0.4) is 0 Å². The summed E-state index contributed by atoms with van der Waals surface area (Å²) in [4.78, 5) is 4.33. The maximum atomic E-state index is 10.9. The summed E-state index contributed by atoms with van der Waals surface area (Å²) in [6, 6.07) is 1.85. The highest BCUT2D eigenvalue weighted by Crippen LogP contribution is 2.43. The average molecular weight is 245 g/mol. The second kappa shape index (κ2) is 3.52. The van der Waals surface area contributed by atoms with Gasteiger partial charge >= 0.3 is 0 Å². The Bertz CT molecular complexity index is 583. The number of hydrogen-bond acceptors (Lipinski definition) is 4. The first-order chi connectivity index (χ1) is 8.73. The minimum Gasteiger partial charge on any atom is -0.385 e. The summed E-state index contributed by atoms with van der Waals surface area (Å²) in [6.45, 7) is 0. The molecule has 0 radical (unpaired) electrons. The summed E-state index contributed by atoms with van der Waals surface area (Å²) >= 11 is 0. The van der Waals surface area contributed by atoms with Crippen molar-refractivity contribution in [3.05, 3.63) is 30.2 Å². The van der Waals surface area contributed by atoms with Gasteiger partial charge in [0.1, 0.15) is 0 Å². The van der Waals surface area contributed by atoms with Crippen LogP contribution in [0, 0.1) is 0 Å². The molecule has 4 rings (SSSR count). The van der Waals surface area contributed by atoms with Crippen LogP contribution in [0.2, 0.25) is 0 Å². The monoisotopic (exact) mass is 245 g/mol. The highest BCUT2D eigenvalue weighted by Gasteiger charge is 2.45. The molecule has 2 aliphatic rings. The molecule has 0 aromatic carbocycles. The van der Waals surface area contributed by atoms with Crippen LogP contribution in [0.4, 0.5) is 0 Å². The van der Waals surface area contributed by atoms with E-state index in [-0.39, 0.29) is 12.2 Å². The fourth-order valence-electron chi connectivity index (χ4n) is 3.20. The van der Waals surface area contributed by atoms with Gasteiger partial charge in [-0.05, 0) is 12.8 Å². The van der Waals surface area contributed by atoms with Gasteiger partial charge in [-0.15, -0.1) is 0 Å². The van der Waals surface area contributed by atoms with Gasteiger partial charge < -0.3 is 9.84 Å². The predicted octanol–water partition coefficient (Wildman–Crippen LogP) is 1.26. The third-order valence-electron chi connectivity index (χ3n) is 4.11. The van der Waals surface area contributed by atoms with E-state index < -0.39 is 5.60 Å². The van der Waals surface area contributed by atoms with E-state index in [1.165, 1.54) is 0 Å². The smallest absolute Gasteiger partial charge is 0.154 e. The van der Waals surface area contributed by atoms with Gasteiger partial charge in [-0.1, -0.05) is 0 Å². The van der Waals surface area contributed by atoms with Crippen LogP contribution < -0.4 is 0 Å². The average Bonchev–Trinajstić information content (AvgIpc) is 2.95. The quantitative estimate of drug-likeness (QED) is 0.821. The number of rotatable bonds is 1. The summed E-state index contributed by atoms with van der Waals surface area (Å²) in [5, 5.41) is 15.0. The second-order valence-corrected chi connectivity index (χ2v) is 5.37. The molecule has 2 aromatic heterocycles. The number of aliphatic hydroxyl groups is 1. The standard InChI is InChI=1S/C13H15N3O2/c17-13(5-10-1-2-11(6-13)18-10)9-7-14-12-3-4-15-16(12)8-9/h3-4,7-8,10-11,17H,1-2,5-6H2. The molecule has 2 unspecified atom stereocenters. The molecule has 0 aliphatic carbocycles. The summed E-state index contributed by atoms with van der Waals surface area (Å²) in [7, 11) is 0. The van der Waals surface area contributed by atoms with Crippen molar-refractivity contribution in [2.75, 3.05) is 0 Å². The molecule has 2 bridgehead atoms. The largest absolute Gasteiger partial charge is 0.385 e. The zero-order valence-corrected chi connectivity index (χ0v) is 9.99. The molecule has 0 amide bonds. The minimum atomic E-state index is -0.808. The molecule has 5 nitrogen and oxygen atoms in total. The van der Waals surface area contributed by atoms with E-state index in [4.69, 9.17) is 4.74 Å². The van der Waals surface area contributed by atoms with Crippen LogP contribution in [-0.2, 0) is 10.3 Å². The molecule has 0 saturated carbocycles. The van der Waals surface area contributed by atoms with Crippen LogP contribution in [0.15, 0.2) is 24.7 Å². The molecule has 2 aromatic rings. The lowest BCUT2D eigenvalue weighted by Crippen LogP contribution is -2.39. The molecule has 2 atom stereocenters. The lowest BCUT2D eigenvalue weighted by Gasteiger charge is -2.36. The molecule has 18 heavy (non-hydrogen) atoms. The second-order valence-electron chi connectivity index (χ2n) is 5.37. The summed E-state index contributed by atoms with van der Waals surface area (Å²) < 4.78 is 7.50. The van der Waals surface area contributed by atoms with Crippen molar-refractivity contribution in [3.8, 4) is 0 Å². The Morgan fingerprint density at radius 1 is 1.33 bits per heavy atom. The zero-order chi connectivity index (χ0) is 12.2. The third kappa shape index (κ3) is 1.47.